The first-order valence-electron chi connectivity index (χ1n) is 12.9. The van der Waals surface area contributed by atoms with E-state index in [1.54, 1.807) is 0 Å². The summed E-state index contributed by atoms with van der Waals surface area (Å²) in [6, 6.07) is 19.9. The summed E-state index contributed by atoms with van der Waals surface area (Å²) in [5.74, 6) is 0.761. The monoisotopic (exact) mass is 482 g/mol. The Labute approximate surface area is 209 Å². The van der Waals surface area contributed by atoms with E-state index in [1.807, 2.05) is 77.1 Å². The molecule has 2 aromatic carbocycles. The molecule has 1 aliphatic heterocycles. The Morgan fingerprint density at radius 2 is 1.72 bits per heavy atom. The van der Waals surface area contributed by atoms with E-state index >= 15 is 0 Å². The standard InChI is InChI=1S/C29H30N4O3/c1-2-36-23-15-13-21(14-16-23)25-17-26-32(18-20-9-5-3-6-10-20)27-24(28(34)33(26)30-25)19-31(29(27)35)22-11-7-4-8-12-22/h3,5-6,9-10,13-17,22H,2,4,7-8,11-12,18-19H2,1H3. The quantitative estimate of drug-likeness (QED) is 0.392. The molecule has 0 spiro atoms. The summed E-state index contributed by atoms with van der Waals surface area (Å²) in [6.07, 6.45) is 5.49. The largest absolute Gasteiger partial charge is 0.494 e. The van der Waals surface area contributed by atoms with Crippen LogP contribution >= 0.6 is 0 Å². The first kappa shape index (κ1) is 22.6. The predicted molar refractivity (Wildman–Crippen MR) is 138 cm³/mol. The van der Waals surface area contributed by atoms with Crippen LogP contribution in [0.25, 0.3) is 16.9 Å². The van der Waals surface area contributed by atoms with Crippen LogP contribution in [-0.4, -0.2) is 37.6 Å². The molecule has 36 heavy (non-hydrogen) atoms. The molecule has 0 radical (unpaired) electrons. The molecule has 1 aliphatic carbocycles. The van der Waals surface area contributed by atoms with Gasteiger partial charge in [0.05, 0.1) is 24.4 Å². The molecule has 1 fully saturated rings. The van der Waals surface area contributed by atoms with E-state index in [0.717, 1.165) is 42.6 Å². The molecule has 0 bridgehead atoms. The zero-order valence-corrected chi connectivity index (χ0v) is 20.5. The fraction of sp³-hybridized carbons (Fsp3) is 0.345. The highest BCUT2D eigenvalue weighted by Crippen LogP contribution is 2.32. The minimum absolute atomic E-state index is 0.0313. The predicted octanol–water partition coefficient (Wildman–Crippen LogP) is 4.90. The van der Waals surface area contributed by atoms with Crippen LogP contribution in [-0.2, 0) is 13.1 Å². The Bertz CT molecular complexity index is 1460. The van der Waals surface area contributed by atoms with E-state index in [4.69, 9.17) is 9.84 Å². The van der Waals surface area contributed by atoms with Crippen molar-refractivity contribution >= 4 is 11.6 Å². The minimum Gasteiger partial charge on any atom is -0.494 e. The van der Waals surface area contributed by atoms with E-state index in [1.165, 1.54) is 10.9 Å². The van der Waals surface area contributed by atoms with Crippen LogP contribution in [0, 0.1) is 0 Å². The molecule has 6 rings (SSSR count). The van der Waals surface area contributed by atoms with Gasteiger partial charge in [-0.1, -0.05) is 49.6 Å². The molecule has 0 unspecified atom stereocenters. The van der Waals surface area contributed by atoms with Gasteiger partial charge in [-0.25, -0.2) is 0 Å². The molecule has 7 heteroatoms. The lowest BCUT2D eigenvalue weighted by Gasteiger charge is -2.30. The molecule has 7 nitrogen and oxygen atoms in total. The van der Waals surface area contributed by atoms with Crippen molar-refractivity contribution in [3.8, 4) is 17.0 Å². The number of carbonyl (C=O) groups excluding carboxylic acids is 1. The van der Waals surface area contributed by atoms with Gasteiger partial charge >= 0.3 is 0 Å². The summed E-state index contributed by atoms with van der Waals surface area (Å²) in [6.45, 7) is 3.41. The van der Waals surface area contributed by atoms with Gasteiger partial charge in [-0.05, 0) is 49.6 Å². The fourth-order valence-corrected chi connectivity index (χ4v) is 5.63. The SMILES string of the molecule is CCOc1ccc(-c2cc3n(Cc4ccccc4)c4c(c(=O)n3n2)CN(C2CCCCC2)C4=O)cc1. The van der Waals surface area contributed by atoms with E-state index in [2.05, 4.69) is 0 Å². The van der Waals surface area contributed by atoms with Crippen molar-refractivity contribution in [3.05, 3.63) is 87.8 Å². The third-order valence-corrected chi connectivity index (χ3v) is 7.43. The molecule has 0 atom stereocenters. The van der Waals surface area contributed by atoms with Crippen LogP contribution in [0.4, 0.5) is 0 Å². The third-order valence-electron chi connectivity index (χ3n) is 7.43. The second kappa shape index (κ2) is 9.30. The van der Waals surface area contributed by atoms with Crippen molar-refractivity contribution in [2.45, 2.75) is 58.2 Å². The second-order valence-electron chi connectivity index (χ2n) is 9.69. The van der Waals surface area contributed by atoms with Gasteiger partial charge in [-0.2, -0.15) is 9.61 Å². The van der Waals surface area contributed by atoms with Gasteiger partial charge < -0.3 is 14.2 Å². The van der Waals surface area contributed by atoms with Crippen LogP contribution < -0.4 is 10.3 Å². The number of hydrogen-bond acceptors (Lipinski definition) is 4. The summed E-state index contributed by atoms with van der Waals surface area (Å²) < 4.78 is 9.03. The van der Waals surface area contributed by atoms with Gasteiger partial charge in [0.15, 0.2) is 0 Å². The molecule has 1 amide bonds. The summed E-state index contributed by atoms with van der Waals surface area (Å²) >= 11 is 0. The summed E-state index contributed by atoms with van der Waals surface area (Å²) in [5, 5.41) is 4.71. The maximum atomic E-state index is 13.8. The van der Waals surface area contributed by atoms with Crippen molar-refractivity contribution in [2.75, 3.05) is 6.61 Å². The van der Waals surface area contributed by atoms with Gasteiger partial charge in [0, 0.05) is 24.2 Å². The number of carbonyl (C=O) groups is 1. The molecule has 0 saturated heterocycles. The number of benzene rings is 2. The Kier molecular flexibility index (Phi) is 5.83. The van der Waals surface area contributed by atoms with Crippen molar-refractivity contribution in [1.29, 1.82) is 0 Å². The average Bonchev–Trinajstić information content (AvgIpc) is 3.51. The molecular weight excluding hydrogens is 452 g/mol. The number of aromatic nitrogens is 3. The number of nitrogens with zero attached hydrogens (tertiary/aromatic N) is 4. The number of ether oxygens (including phenoxy) is 1. The number of rotatable bonds is 6. The number of fused-ring (bicyclic) bond motifs is 2. The molecule has 0 N–H and O–H groups in total. The highest BCUT2D eigenvalue weighted by atomic mass is 16.5. The van der Waals surface area contributed by atoms with Crippen LogP contribution in [0.1, 0.15) is 60.6 Å². The summed E-state index contributed by atoms with van der Waals surface area (Å²) in [5.41, 5.74) is 4.15. The van der Waals surface area contributed by atoms with E-state index in [0.29, 0.717) is 42.3 Å². The first-order chi connectivity index (χ1) is 17.6. The van der Waals surface area contributed by atoms with Crippen LogP contribution in [0.3, 0.4) is 0 Å². The molecule has 2 aromatic heterocycles. The maximum absolute atomic E-state index is 13.8. The Morgan fingerprint density at radius 1 is 0.972 bits per heavy atom. The lowest BCUT2D eigenvalue weighted by molar-refractivity contribution is 0.0652. The highest BCUT2D eigenvalue weighted by molar-refractivity contribution is 5.97. The lowest BCUT2D eigenvalue weighted by Crippen LogP contribution is -2.37. The molecule has 4 aromatic rings. The van der Waals surface area contributed by atoms with E-state index < -0.39 is 0 Å². The smallest absolute Gasteiger partial charge is 0.280 e. The molecule has 2 aliphatic rings. The normalized spacial score (nSPS) is 16.0. The summed E-state index contributed by atoms with van der Waals surface area (Å²) in [7, 11) is 0. The van der Waals surface area contributed by atoms with Crippen molar-refractivity contribution < 1.29 is 9.53 Å². The van der Waals surface area contributed by atoms with Gasteiger partial charge in [0.25, 0.3) is 11.5 Å². The molecule has 3 heterocycles. The lowest BCUT2D eigenvalue weighted by atomic mass is 9.94. The van der Waals surface area contributed by atoms with Crippen molar-refractivity contribution in [2.24, 2.45) is 0 Å². The maximum Gasteiger partial charge on any atom is 0.280 e. The Balaban J connectivity index is 1.48. The van der Waals surface area contributed by atoms with Crippen molar-refractivity contribution in [3.63, 3.8) is 0 Å². The first-order valence-corrected chi connectivity index (χ1v) is 12.9. The highest BCUT2D eigenvalue weighted by Gasteiger charge is 2.38. The van der Waals surface area contributed by atoms with Crippen LogP contribution in [0.2, 0.25) is 0 Å². The third kappa shape index (κ3) is 3.88. The molecular formula is C29H30N4O3. The van der Waals surface area contributed by atoms with Gasteiger partial charge in [-0.3, -0.25) is 9.59 Å². The number of amides is 1. The van der Waals surface area contributed by atoms with E-state index in [9.17, 15) is 9.59 Å². The Morgan fingerprint density at radius 3 is 2.44 bits per heavy atom. The second-order valence-corrected chi connectivity index (χ2v) is 9.69. The van der Waals surface area contributed by atoms with E-state index in [-0.39, 0.29) is 17.5 Å². The zero-order valence-electron chi connectivity index (χ0n) is 20.5. The topological polar surface area (TPSA) is 68.8 Å². The van der Waals surface area contributed by atoms with Gasteiger partial charge in [0.2, 0.25) is 0 Å². The zero-order chi connectivity index (χ0) is 24.6. The van der Waals surface area contributed by atoms with Crippen molar-refractivity contribution in [1.82, 2.24) is 19.1 Å². The van der Waals surface area contributed by atoms with Crippen LogP contribution in [0.5, 0.6) is 5.75 Å². The molecule has 1 saturated carbocycles. The minimum atomic E-state index is -0.201. The average molecular weight is 483 g/mol. The van der Waals surface area contributed by atoms with Gasteiger partial charge in [0.1, 0.15) is 17.1 Å². The number of hydrogen-bond donors (Lipinski definition) is 0. The summed E-state index contributed by atoms with van der Waals surface area (Å²) in [4.78, 5) is 29.4. The van der Waals surface area contributed by atoms with Gasteiger partial charge in [-0.15, -0.1) is 0 Å². The molecule has 184 valence electrons. The fourth-order valence-electron chi connectivity index (χ4n) is 5.63. The van der Waals surface area contributed by atoms with Crippen LogP contribution in [0.15, 0.2) is 65.5 Å². The Hall–Kier alpha value is -3.87.